The summed E-state index contributed by atoms with van der Waals surface area (Å²) in [6.07, 6.45) is 5.70. The first-order valence-electron chi connectivity index (χ1n) is 6.74. The van der Waals surface area contributed by atoms with Crippen LogP contribution < -0.4 is 14.9 Å². The van der Waals surface area contributed by atoms with Gasteiger partial charge in [0.2, 0.25) is 6.10 Å². The Kier molecular flexibility index (Phi) is 4.20. The zero-order valence-electron chi connectivity index (χ0n) is 11.6. The monoisotopic (exact) mass is 298 g/mol. The first-order valence-corrected chi connectivity index (χ1v) is 6.74. The average molecular weight is 298 g/mol. The Morgan fingerprint density at radius 3 is 2.91 bits per heavy atom. The highest BCUT2D eigenvalue weighted by Gasteiger charge is 2.26. The number of hydrazone groups is 1. The third kappa shape index (κ3) is 3.35. The first kappa shape index (κ1) is 13.9. The molecule has 22 heavy (non-hydrogen) atoms. The third-order valence-corrected chi connectivity index (χ3v) is 2.94. The SMILES string of the molecule is O=C(N/N=C\C=C\c1ccco1)C1COc2ccccc2O1. The van der Waals surface area contributed by atoms with Gasteiger partial charge in [-0.3, -0.25) is 4.79 Å². The van der Waals surface area contributed by atoms with Crippen LogP contribution in [0.25, 0.3) is 6.08 Å². The fourth-order valence-corrected chi connectivity index (χ4v) is 1.89. The topological polar surface area (TPSA) is 73.1 Å². The van der Waals surface area contributed by atoms with Gasteiger partial charge in [0, 0.05) is 6.21 Å². The number of nitrogens with one attached hydrogen (secondary N) is 1. The predicted molar refractivity (Wildman–Crippen MR) is 80.7 cm³/mol. The average Bonchev–Trinajstić information content (AvgIpc) is 3.07. The largest absolute Gasteiger partial charge is 0.485 e. The number of para-hydroxylation sites is 2. The Labute approximate surface area is 127 Å². The molecule has 0 aliphatic carbocycles. The molecule has 0 spiro atoms. The number of carbonyl (C=O) groups is 1. The molecule has 1 atom stereocenters. The molecule has 1 aromatic heterocycles. The van der Waals surface area contributed by atoms with Crippen LogP contribution in [0.15, 0.2) is 58.3 Å². The van der Waals surface area contributed by atoms with Crippen LogP contribution in [0.2, 0.25) is 0 Å². The van der Waals surface area contributed by atoms with Gasteiger partial charge in [-0.25, -0.2) is 5.43 Å². The predicted octanol–water partition coefficient (Wildman–Crippen LogP) is 2.23. The van der Waals surface area contributed by atoms with E-state index in [1.54, 1.807) is 36.6 Å². The van der Waals surface area contributed by atoms with Crippen molar-refractivity contribution in [2.75, 3.05) is 6.61 Å². The number of benzene rings is 1. The van der Waals surface area contributed by atoms with Crippen molar-refractivity contribution in [1.82, 2.24) is 5.43 Å². The van der Waals surface area contributed by atoms with E-state index in [9.17, 15) is 4.79 Å². The van der Waals surface area contributed by atoms with E-state index in [1.807, 2.05) is 18.2 Å². The van der Waals surface area contributed by atoms with Gasteiger partial charge in [0.15, 0.2) is 11.5 Å². The van der Waals surface area contributed by atoms with Crippen LogP contribution in [0, 0.1) is 0 Å². The van der Waals surface area contributed by atoms with E-state index in [4.69, 9.17) is 13.9 Å². The number of rotatable bonds is 4. The molecule has 1 aliphatic heterocycles. The van der Waals surface area contributed by atoms with E-state index in [-0.39, 0.29) is 12.5 Å². The number of furan rings is 1. The van der Waals surface area contributed by atoms with Crippen LogP contribution in [0.4, 0.5) is 0 Å². The van der Waals surface area contributed by atoms with Crippen LogP contribution in [-0.2, 0) is 4.79 Å². The summed E-state index contributed by atoms with van der Waals surface area (Å²) in [5.41, 5.74) is 2.41. The van der Waals surface area contributed by atoms with E-state index in [2.05, 4.69) is 10.5 Å². The lowest BCUT2D eigenvalue weighted by molar-refractivity contribution is -0.130. The number of nitrogens with zero attached hydrogens (tertiary/aromatic N) is 1. The van der Waals surface area contributed by atoms with Crippen LogP contribution in [-0.4, -0.2) is 24.8 Å². The molecule has 0 saturated carbocycles. The fourth-order valence-electron chi connectivity index (χ4n) is 1.89. The highest BCUT2D eigenvalue weighted by molar-refractivity contribution is 5.84. The number of allylic oxidation sites excluding steroid dienone is 1. The molecule has 3 rings (SSSR count). The number of hydrogen-bond donors (Lipinski definition) is 1. The molecule has 6 nitrogen and oxygen atoms in total. The van der Waals surface area contributed by atoms with Crippen molar-refractivity contribution in [3.63, 3.8) is 0 Å². The van der Waals surface area contributed by atoms with Crippen molar-refractivity contribution in [3.05, 3.63) is 54.5 Å². The summed E-state index contributed by atoms with van der Waals surface area (Å²) in [7, 11) is 0. The zero-order chi connectivity index (χ0) is 15.2. The van der Waals surface area contributed by atoms with Gasteiger partial charge in [-0.1, -0.05) is 12.1 Å². The van der Waals surface area contributed by atoms with Gasteiger partial charge in [0.1, 0.15) is 12.4 Å². The highest BCUT2D eigenvalue weighted by Crippen LogP contribution is 2.30. The number of fused-ring (bicyclic) bond motifs is 1. The van der Waals surface area contributed by atoms with Gasteiger partial charge in [-0.2, -0.15) is 5.10 Å². The lowest BCUT2D eigenvalue weighted by atomic mass is 10.2. The minimum Gasteiger partial charge on any atom is -0.485 e. The summed E-state index contributed by atoms with van der Waals surface area (Å²) in [5.74, 6) is 1.53. The van der Waals surface area contributed by atoms with Crippen LogP contribution in [0.3, 0.4) is 0 Å². The quantitative estimate of drug-likeness (QED) is 0.694. The Hall–Kier alpha value is -3.02. The second-order valence-corrected chi connectivity index (χ2v) is 4.49. The van der Waals surface area contributed by atoms with Gasteiger partial charge in [-0.05, 0) is 36.4 Å². The molecule has 1 unspecified atom stereocenters. The Morgan fingerprint density at radius 2 is 2.09 bits per heavy atom. The highest BCUT2D eigenvalue weighted by atomic mass is 16.6. The summed E-state index contributed by atoms with van der Waals surface area (Å²) in [5, 5.41) is 3.81. The molecule has 1 aliphatic rings. The van der Waals surface area contributed by atoms with Crippen LogP contribution >= 0.6 is 0 Å². The maximum Gasteiger partial charge on any atom is 0.284 e. The van der Waals surface area contributed by atoms with Gasteiger partial charge >= 0.3 is 0 Å². The normalized spacial score (nSPS) is 17.0. The Bertz CT molecular complexity index is 692. The minimum absolute atomic E-state index is 0.153. The third-order valence-electron chi connectivity index (χ3n) is 2.94. The summed E-state index contributed by atoms with van der Waals surface area (Å²) in [6.45, 7) is 0.153. The fraction of sp³-hybridized carbons (Fsp3) is 0.125. The molecule has 1 aromatic carbocycles. The minimum atomic E-state index is -0.721. The molecule has 112 valence electrons. The molecule has 2 heterocycles. The van der Waals surface area contributed by atoms with E-state index in [1.165, 1.54) is 6.21 Å². The Balaban J connectivity index is 1.50. The van der Waals surface area contributed by atoms with Gasteiger partial charge in [0.25, 0.3) is 5.91 Å². The van der Waals surface area contributed by atoms with Crippen molar-refractivity contribution in [2.45, 2.75) is 6.10 Å². The van der Waals surface area contributed by atoms with Crippen molar-refractivity contribution in [1.29, 1.82) is 0 Å². The van der Waals surface area contributed by atoms with E-state index >= 15 is 0 Å². The molecule has 0 bridgehead atoms. The van der Waals surface area contributed by atoms with Crippen LogP contribution in [0.5, 0.6) is 11.5 Å². The molecular weight excluding hydrogens is 284 g/mol. The van der Waals surface area contributed by atoms with Crippen molar-refractivity contribution < 1.29 is 18.7 Å². The molecule has 2 aromatic rings. The van der Waals surface area contributed by atoms with E-state index < -0.39 is 6.10 Å². The zero-order valence-corrected chi connectivity index (χ0v) is 11.6. The van der Waals surface area contributed by atoms with Gasteiger partial charge in [-0.15, -0.1) is 0 Å². The maximum atomic E-state index is 11.9. The molecule has 1 N–H and O–H groups in total. The van der Waals surface area contributed by atoms with Crippen molar-refractivity contribution in [2.24, 2.45) is 5.10 Å². The number of amides is 1. The molecule has 0 saturated heterocycles. The molecule has 0 fully saturated rings. The van der Waals surface area contributed by atoms with E-state index in [0.29, 0.717) is 17.3 Å². The van der Waals surface area contributed by atoms with Crippen molar-refractivity contribution in [3.8, 4) is 11.5 Å². The number of carbonyl (C=O) groups excluding carboxylic acids is 1. The molecule has 1 amide bonds. The van der Waals surface area contributed by atoms with Gasteiger partial charge < -0.3 is 13.9 Å². The maximum absolute atomic E-state index is 11.9. The molecule has 0 radical (unpaired) electrons. The molecule has 6 heteroatoms. The summed E-state index contributed by atoms with van der Waals surface area (Å²) < 4.78 is 16.2. The molecular formula is C16H14N2O4. The number of ether oxygens (including phenoxy) is 2. The lowest BCUT2D eigenvalue weighted by Gasteiger charge is -2.24. The smallest absolute Gasteiger partial charge is 0.284 e. The summed E-state index contributed by atoms with van der Waals surface area (Å²) in [4.78, 5) is 11.9. The standard InChI is InChI=1S/C16H14N2O4/c19-16(18-17-9-3-5-12-6-4-10-20-12)15-11-21-13-7-1-2-8-14(13)22-15/h1-10,15H,11H2,(H,18,19)/b5-3+,17-9-. The van der Waals surface area contributed by atoms with Gasteiger partial charge in [0.05, 0.1) is 6.26 Å². The van der Waals surface area contributed by atoms with Crippen molar-refractivity contribution >= 4 is 18.2 Å². The lowest BCUT2D eigenvalue weighted by Crippen LogP contribution is -2.42. The second-order valence-electron chi connectivity index (χ2n) is 4.49. The summed E-state index contributed by atoms with van der Waals surface area (Å²) in [6, 6.07) is 10.8. The first-order chi connectivity index (χ1) is 10.8. The second kappa shape index (κ2) is 6.62. The van der Waals surface area contributed by atoms with E-state index in [0.717, 1.165) is 0 Å². The Morgan fingerprint density at radius 1 is 1.23 bits per heavy atom. The van der Waals surface area contributed by atoms with Crippen LogP contribution in [0.1, 0.15) is 5.76 Å². The summed E-state index contributed by atoms with van der Waals surface area (Å²) >= 11 is 0. The number of hydrogen-bond acceptors (Lipinski definition) is 5.